The monoisotopic (exact) mass is 163 g/mol. The Balaban J connectivity index is 2.82. The summed E-state index contributed by atoms with van der Waals surface area (Å²) in [5.41, 5.74) is 8.93. The highest BCUT2D eigenvalue weighted by molar-refractivity contribution is 7.18. The highest BCUT2D eigenvalue weighted by Crippen LogP contribution is 2.23. The van der Waals surface area contributed by atoms with Gasteiger partial charge in [-0.05, 0) is 25.1 Å². The zero-order chi connectivity index (χ0) is 7.84. The number of aromatic nitrogens is 1. The summed E-state index contributed by atoms with van der Waals surface area (Å²) >= 11 is 1.64. The van der Waals surface area contributed by atoms with Crippen LogP contribution in [0, 0.1) is 6.92 Å². The largest absolute Gasteiger partial charge is 0.301 e. The van der Waals surface area contributed by atoms with E-state index in [0.29, 0.717) is 5.69 Å². The number of rotatable bonds is 0. The second-order valence-electron chi connectivity index (χ2n) is 2.42. The number of nitrogens with one attached hydrogen (secondary N) is 1. The molecule has 0 saturated carbocycles. The fourth-order valence-corrected chi connectivity index (χ4v) is 1.91. The summed E-state index contributed by atoms with van der Waals surface area (Å²) < 4.78 is 1.11. The standard InChI is InChI=1S/C8H7N2S/c1-5-10-7-3-2-6(9)4-8(7)11-5/h2-4,9H,1H3. The van der Waals surface area contributed by atoms with E-state index in [1.807, 2.05) is 19.1 Å². The molecule has 0 bridgehead atoms. The Morgan fingerprint density at radius 1 is 1.45 bits per heavy atom. The number of nitrogens with zero attached hydrogens (tertiary/aromatic N) is 1. The van der Waals surface area contributed by atoms with Gasteiger partial charge in [-0.3, -0.25) is 0 Å². The smallest absolute Gasteiger partial charge is 0.0907 e. The van der Waals surface area contributed by atoms with E-state index < -0.39 is 0 Å². The normalized spacial score (nSPS) is 10.6. The van der Waals surface area contributed by atoms with Crippen molar-refractivity contribution in [2.45, 2.75) is 6.92 Å². The summed E-state index contributed by atoms with van der Waals surface area (Å²) in [4.78, 5) is 4.29. The van der Waals surface area contributed by atoms with Crippen LogP contribution in [0.25, 0.3) is 10.2 Å². The van der Waals surface area contributed by atoms with E-state index in [0.717, 1.165) is 15.2 Å². The minimum Gasteiger partial charge on any atom is -0.301 e. The van der Waals surface area contributed by atoms with Crippen LogP contribution in [-0.2, 0) is 0 Å². The number of hydrogen-bond acceptors (Lipinski definition) is 2. The van der Waals surface area contributed by atoms with Crippen molar-refractivity contribution in [2.24, 2.45) is 0 Å². The lowest BCUT2D eigenvalue weighted by Crippen LogP contribution is -1.69. The van der Waals surface area contributed by atoms with E-state index in [-0.39, 0.29) is 0 Å². The van der Waals surface area contributed by atoms with Gasteiger partial charge in [-0.25, -0.2) is 4.98 Å². The van der Waals surface area contributed by atoms with Crippen LogP contribution in [0.4, 0.5) is 5.69 Å². The molecule has 0 aliphatic carbocycles. The van der Waals surface area contributed by atoms with E-state index in [1.54, 1.807) is 17.4 Å². The molecule has 1 radical (unpaired) electrons. The second-order valence-corrected chi connectivity index (χ2v) is 3.65. The molecule has 3 heteroatoms. The molecule has 0 aliphatic rings. The third-order valence-electron chi connectivity index (χ3n) is 1.50. The zero-order valence-corrected chi connectivity index (χ0v) is 6.90. The molecule has 0 saturated heterocycles. The van der Waals surface area contributed by atoms with Gasteiger partial charge in [0.05, 0.1) is 20.9 Å². The highest BCUT2D eigenvalue weighted by atomic mass is 32.1. The Kier molecular flexibility index (Phi) is 1.32. The summed E-state index contributed by atoms with van der Waals surface area (Å²) in [5, 5.41) is 1.06. The molecule has 0 fully saturated rings. The molecule has 2 rings (SSSR count). The molecule has 11 heavy (non-hydrogen) atoms. The van der Waals surface area contributed by atoms with Crippen molar-refractivity contribution >= 4 is 27.2 Å². The van der Waals surface area contributed by atoms with E-state index in [2.05, 4.69) is 4.98 Å². The second kappa shape index (κ2) is 2.20. The van der Waals surface area contributed by atoms with E-state index in [9.17, 15) is 0 Å². The van der Waals surface area contributed by atoms with Gasteiger partial charge in [0.25, 0.3) is 0 Å². The third kappa shape index (κ3) is 1.07. The maximum Gasteiger partial charge on any atom is 0.0907 e. The topological polar surface area (TPSA) is 36.7 Å². The van der Waals surface area contributed by atoms with E-state index >= 15 is 0 Å². The average molecular weight is 163 g/mol. The van der Waals surface area contributed by atoms with Crippen molar-refractivity contribution in [3.05, 3.63) is 23.2 Å². The maximum atomic E-state index is 7.37. The Hall–Kier alpha value is -1.09. The minimum absolute atomic E-state index is 0.557. The molecule has 2 nitrogen and oxygen atoms in total. The van der Waals surface area contributed by atoms with Crippen LogP contribution < -0.4 is 5.73 Å². The number of thiazole rings is 1. The van der Waals surface area contributed by atoms with Gasteiger partial charge in [0.15, 0.2) is 0 Å². The van der Waals surface area contributed by atoms with Gasteiger partial charge in [-0.2, -0.15) is 0 Å². The molecule has 55 valence electrons. The van der Waals surface area contributed by atoms with Crippen molar-refractivity contribution in [2.75, 3.05) is 0 Å². The van der Waals surface area contributed by atoms with Crippen molar-refractivity contribution in [3.8, 4) is 0 Å². The molecule has 0 atom stereocenters. The van der Waals surface area contributed by atoms with Crippen LogP contribution in [0.1, 0.15) is 5.01 Å². The fourth-order valence-electron chi connectivity index (χ4n) is 1.04. The number of aryl methyl sites for hydroxylation is 1. The van der Waals surface area contributed by atoms with Gasteiger partial charge < -0.3 is 5.73 Å². The highest BCUT2D eigenvalue weighted by Gasteiger charge is 1.98. The first-order valence-electron chi connectivity index (χ1n) is 3.34. The summed E-state index contributed by atoms with van der Waals surface area (Å²) in [7, 11) is 0. The summed E-state index contributed by atoms with van der Waals surface area (Å²) in [6.07, 6.45) is 0. The first-order valence-corrected chi connectivity index (χ1v) is 4.16. The summed E-state index contributed by atoms with van der Waals surface area (Å²) in [6.45, 7) is 1.98. The fraction of sp³-hybridized carbons (Fsp3) is 0.125. The number of benzene rings is 1. The molecule has 0 unspecified atom stereocenters. The Labute approximate surface area is 68.7 Å². The molecule has 0 spiro atoms. The van der Waals surface area contributed by atoms with Gasteiger partial charge in [-0.15, -0.1) is 11.3 Å². The van der Waals surface area contributed by atoms with Crippen LogP contribution in [0.5, 0.6) is 0 Å². The Morgan fingerprint density at radius 3 is 3.09 bits per heavy atom. The first-order chi connectivity index (χ1) is 5.25. The van der Waals surface area contributed by atoms with Gasteiger partial charge in [0.1, 0.15) is 0 Å². The lowest BCUT2D eigenvalue weighted by molar-refractivity contribution is 1.34. The molecular formula is C8H7N2S. The Morgan fingerprint density at radius 2 is 2.27 bits per heavy atom. The van der Waals surface area contributed by atoms with Crippen LogP contribution in [0.3, 0.4) is 0 Å². The van der Waals surface area contributed by atoms with Gasteiger partial charge in [0, 0.05) is 0 Å². The predicted molar refractivity (Wildman–Crippen MR) is 47.1 cm³/mol. The molecule has 1 heterocycles. The predicted octanol–water partition coefficient (Wildman–Crippen LogP) is 2.52. The van der Waals surface area contributed by atoms with Crippen molar-refractivity contribution in [1.82, 2.24) is 10.7 Å². The van der Waals surface area contributed by atoms with Crippen LogP contribution >= 0.6 is 11.3 Å². The van der Waals surface area contributed by atoms with Gasteiger partial charge in [-0.1, -0.05) is 0 Å². The minimum atomic E-state index is 0.557. The molecular weight excluding hydrogens is 156 g/mol. The van der Waals surface area contributed by atoms with E-state index in [1.165, 1.54) is 0 Å². The Bertz CT molecular complexity index is 392. The van der Waals surface area contributed by atoms with Gasteiger partial charge >= 0.3 is 0 Å². The lowest BCUT2D eigenvalue weighted by atomic mass is 10.3. The van der Waals surface area contributed by atoms with E-state index in [4.69, 9.17) is 5.73 Å². The van der Waals surface area contributed by atoms with Gasteiger partial charge in [0.2, 0.25) is 0 Å². The lowest BCUT2D eigenvalue weighted by Gasteiger charge is -1.87. The van der Waals surface area contributed by atoms with Crippen molar-refractivity contribution in [1.29, 1.82) is 0 Å². The average Bonchev–Trinajstić information content (AvgIpc) is 2.27. The number of hydrogen-bond donors (Lipinski definition) is 0. The summed E-state index contributed by atoms with van der Waals surface area (Å²) in [6, 6.07) is 5.50. The SMILES string of the molecule is Cc1nc2ccc([NH])cc2s1. The molecule has 2 aromatic rings. The first kappa shape index (κ1) is 6.61. The third-order valence-corrected chi connectivity index (χ3v) is 2.43. The van der Waals surface area contributed by atoms with Crippen LogP contribution in [0.2, 0.25) is 0 Å². The zero-order valence-electron chi connectivity index (χ0n) is 6.09. The molecule has 0 aliphatic heterocycles. The summed E-state index contributed by atoms with van der Waals surface area (Å²) in [5.74, 6) is 0. The van der Waals surface area contributed by atoms with Crippen LogP contribution in [0.15, 0.2) is 18.2 Å². The molecule has 1 N–H and O–H groups in total. The maximum absolute atomic E-state index is 7.37. The number of fused-ring (bicyclic) bond motifs is 1. The molecule has 1 aromatic carbocycles. The molecule has 1 aromatic heterocycles. The van der Waals surface area contributed by atoms with Crippen molar-refractivity contribution < 1.29 is 0 Å². The quantitative estimate of drug-likeness (QED) is 0.588. The van der Waals surface area contributed by atoms with Crippen molar-refractivity contribution in [3.63, 3.8) is 0 Å². The van der Waals surface area contributed by atoms with Crippen LogP contribution in [-0.4, -0.2) is 4.98 Å². The molecule has 0 amide bonds.